The quantitative estimate of drug-likeness (QED) is 0.860. The highest BCUT2D eigenvalue weighted by molar-refractivity contribution is 5.06. The Kier molecular flexibility index (Phi) is 5.14. The highest BCUT2D eigenvalue weighted by Crippen LogP contribution is 2.33. The first kappa shape index (κ1) is 18.7. The molecule has 25 heavy (non-hydrogen) atoms. The summed E-state index contributed by atoms with van der Waals surface area (Å²) in [5, 5.41) is 21.9. The summed E-state index contributed by atoms with van der Waals surface area (Å²) < 4.78 is 34.1. The maximum absolute atomic E-state index is 13.3. The zero-order chi connectivity index (χ0) is 18.2. The van der Waals surface area contributed by atoms with Crippen LogP contribution in [0.5, 0.6) is 0 Å². The molecule has 1 aromatic heterocycles. The lowest BCUT2D eigenvalue weighted by atomic mass is 9.91. The molecule has 0 amide bonds. The number of rotatable bonds is 4. The molecule has 2 heterocycles. The van der Waals surface area contributed by atoms with Crippen molar-refractivity contribution in [3.63, 3.8) is 0 Å². The molecule has 1 saturated carbocycles. The Morgan fingerprint density at radius 3 is 2.64 bits per heavy atom. The number of hydrogen-bond acceptors (Lipinski definition) is 5. The van der Waals surface area contributed by atoms with Gasteiger partial charge in [0.2, 0.25) is 5.92 Å². The molecular weight excluding hydrogens is 330 g/mol. The van der Waals surface area contributed by atoms with Crippen LogP contribution in [0.3, 0.4) is 0 Å². The Bertz CT molecular complexity index is 577. The summed E-state index contributed by atoms with van der Waals surface area (Å²) in [6.07, 6.45) is 1.63. The molecule has 2 aliphatic rings. The van der Waals surface area contributed by atoms with Crippen LogP contribution in [-0.2, 0) is 16.7 Å². The fourth-order valence-electron chi connectivity index (χ4n) is 3.46. The van der Waals surface area contributed by atoms with Crippen LogP contribution < -0.4 is 5.32 Å². The summed E-state index contributed by atoms with van der Waals surface area (Å²) in [4.78, 5) is 0. The Labute approximate surface area is 146 Å². The van der Waals surface area contributed by atoms with Crippen LogP contribution in [0, 0.1) is 0 Å². The zero-order valence-corrected chi connectivity index (χ0v) is 15.1. The topological polar surface area (TPSA) is 72.2 Å². The number of ether oxygens (including phenoxy) is 1. The molecule has 3 rings (SSSR count). The Morgan fingerprint density at radius 2 is 2.04 bits per heavy atom. The van der Waals surface area contributed by atoms with Gasteiger partial charge in [-0.3, -0.25) is 0 Å². The lowest BCUT2D eigenvalue weighted by Gasteiger charge is -2.33. The van der Waals surface area contributed by atoms with E-state index >= 15 is 0 Å². The van der Waals surface area contributed by atoms with E-state index in [1.165, 1.54) is 0 Å². The van der Waals surface area contributed by atoms with Crippen molar-refractivity contribution in [2.75, 3.05) is 6.61 Å². The third-order valence-corrected chi connectivity index (χ3v) is 5.12. The SMILES string of the molecule is CC(C)(C)c1cn(C[C@H]2OC[C@H](O)[C@H]2NC2CCC(F)(F)CC2)nn1. The van der Waals surface area contributed by atoms with Gasteiger partial charge in [-0.1, -0.05) is 26.0 Å². The number of aliphatic hydroxyl groups excluding tert-OH is 1. The lowest BCUT2D eigenvalue weighted by molar-refractivity contribution is -0.0428. The highest BCUT2D eigenvalue weighted by atomic mass is 19.3. The molecule has 6 nitrogen and oxygen atoms in total. The van der Waals surface area contributed by atoms with Crippen molar-refractivity contribution >= 4 is 0 Å². The monoisotopic (exact) mass is 358 g/mol. The van der Waals surface area contributed by atoms with Gasteiger partial charge in [-0.15, -0.1) is 5.10 Å². The molecule has 2 N–H and O–H groups in total. The van der Waals surface area contributed by atoms with Crippen molar-refractivity contribution in [1.82, 2.24) is 20.3 Å². The van der Waals surface area contributed by atoms with Gasteiger partial charge in [0.25, 0.3) is 0 Å². The van der Waals surface area contributed by atoms with Crippen molar-refractivity contribution in [2.45, 2.75) is 88.6 Å². The van der Waals surface area contributed by atoms with Gasteiger partial charge in [0, 0.05) is 30.5 Å². The van der Waals surface area contributed by atoms with Gasteiger partial charge in [-0.2, -0.15) is 0 Å². The maximum atomic E-state index is 13.3. The normalized spacial score (nSPS) is 30.7. The molecule has 1 aromatic rings. The number of hydrogen-bond donors (Lipinski definition) is 2. The van der Waals surface area contributed by atoms with E-state index in [0.717, 1.165) is 5.69 Å². The van der Waals surface area contributed by atoms with Crippen LogP contribution in [0.15, 0.2) is 6.20 Å². The predicted octanol–water partition coefficient (Wildman–Crippen LogP) is 1.87. The zero-order valence-electron chi connectivity index (χ0n) is 15.1. The molecular formula is C17H28F2N4O2. The second kappa shape index (κ2) is 6.89. The van der Waals surface area contributed by atoms with Crippen molar-refractivity contribution < 1.29 is 18.6 Å². The molecule has 0 aromatic carbocycles. The number of alkyl halides is 2. The lowest BCUT2D eigenvalue weighted by Crippen LogP contribution is -2.51. The first-order valence-electron chi connectivity index (χ1n) is 8.98. The van der Waals surface area contributed by atoms with Gasteiger partial charge in [-0.25, -0.2) is 13.5 Å². The summed E-state index contributed by atoms with van der Waals surface area (Å²) in [7, 11) is 0. The first-order chi connectivity index (χ1) is 11.6. The average molecular weight is 358 g/mol. The predicted molar refractivity (Wildman–Crippen MR) is 88.6 cm³/mol. The summed E-state index contributed by atoms with van der Waals surface area (Å²) >= 11 is 0. The minimum Gasteiger partial charge on any atom is -0.389 e. The molecule has 1 aliphatic carbocycles. The molecule has 0 radical (unpaired) electrons. The number of halogens is 2. The van der Waals surface area contributed by atoms with E-state index in [0.29, 0.717) is 19.4 Å². The average Bonchev–Trinajstić information content (AvgIpc) is 3.11. The van der Waals surface area contributed by atoms with Crippen LogP contribution in [0.1, 0.15) is 52.1 Å². The van der Waals surface area contributed by atoms with Crippen molar-refractivity contribution in [1.29, 1.82) is 0 Å². The van der Waals surface area contributed by atoms with Crippen LogP contribution in [0.4, 0.5) is 8.78 Å². The summed E-state index contributed by atoms with van der Waals surface area (Å²) in [5.74, 6) is -2.55. The van der Waals surface area contributed by atoms with Gasteiger partial charge >= 0.3 is 0 Å². The molecule has 142 valence electrons. The van der Waals surface area contributed by atoms with Gasteiger partial charge in [0.05, 0.1) is 37.1 Å². The van der Waals surface area contributed by atoms with E-state index in [4.69, 9.17) is 4.74 Å². The second-order valence-corrected chi connectivity index (χ2v) is 8.34. The van der Waals surface area contributed by atoms with E-state index in [2.05, 4.69) is 36.4 Å². The van der Waals surface area contributed by atoms with Crippen LogP contribution in [0.2, 0.25) is 0 Å². The van der Waals surface area contributed by atoms with Crippen LogP contribution in [0.25, 0.3) is 0 Å². The van der Waals surface area contributed by atoms with Crippen molar-refractivity contribution in [3.05, 3.63) is 11.9 Å². The molecule has 1 aliphatic heterocycles. The van der Waals surface area contributed by atoms with E-state index in [1.54, 1.807) is 4.68 Å². The first-order valence-corrected chi connectivity index (χ1v) is 8.98. The molecule has 0 unspecified atom stereocenters. The third kappa shape index (κ3) is 4.54. The van der Waals surface area contributed by atoms with Gasteiger partial charge < -0.3 is 15.2 Å². The minimum atomic E-state index is -2.55. The van der Waals surface area contributed by atoms with Gasteiger partial charge in [0.1, 0.15) is 0 Å². The molecule has 8 heteroatoms. The smallest absolute Gasteiger partial charge is 0.248 e. The molecule has 0 bridgehead atoms. The van der Waals surface area contributed by atoms with Crippen LogP contribution in [-0.4, -0.2) is 56.9 Å². The van der Waals surface area contributed by atoms with Gasteiger partial charge in [0.15, 0.2) is 0 Å². The Morgan fingerprint density at radius 1 is 1.36 bits per heavy atom. The van der Waals surface area contributed by atoms with E-state index in [-0.39, 0.29) is 43.1 Å². The summed E-state index contributed by atoms with van der Waals surface area (Å²) in [5.41, 5.74) is 0.810. The summed E-state index contributed by atoms with van der Waals surface area (Å²) in [6.45, 7) is 6.92. The number of nitrogens with one attached hydrogen (secondary N) is 1. The molecule has 1 saturated heterocycles. The fourth-order valence-corrected chi connectivity index (χ4v) is 3.46. The van der Waals surface area contributed by atoms with Crippen molar-refractivity contribution in [2.24, 2.45) is 0 Å². The molecule has 3 atom stereocenters. The largest absolute Gasteiger partial charge is 0.389 e. The van der Waals surface area contributed by atoms with E-state index < -0.39 is 12.0 Å². The maximum Gasteiger partial charge on any atom is 0.248 e. The molecule has 0 spiro atoms. The third-order valence-electron chi connectivity index (χ3n) is 5.12. The number of aliphatic hydroxyl groups is 1. The highest BCUT2D eigenvalue weighted by Gasteiger charge is 2.41. The van der Waals surface area contributed by atoms with Gasteiger partial charge in [-0.05, 0) is 12.8 Å². The minimum absolute atomic E-state index is 0.00985. The summed E-state index contributed by atoms with van der Waals surface area (Å²) in [6, 6.07) is -0.289. The standard InChI is InChI=1S/C17H28F2N4O2/c1-16(2,3)14-9-23(22-21-14)8-13-15(12(24)10-25-13)20-11-4-6-17(18,19)7-5-11/h9,11-13,15,20,24H,4-8,10H2,1-3H3/t12-,13+,15+/m0/s1. The Balaban J connectivity index is 1.60. The number of aromatic nitrogens is 3. The molecule has 2 fully saturated rings. The van der Waals surface area contributed by atoms with Crippen molar-refractivity contribution in [3.8, 4) is 0 Å². The van der Waals surface area contributed by atoms with Crippen LogP contribution >= 0.6 is 0 Å². The van der Waals surface area contributed by atoms with E-state index in [9.17, 15) is 13.9 Å². The number of nitrogens with zero attached hydrogens (tertiary/aromatic N) is 3. The van der Waals surface area contributed by atoms with E-state index in [1.807, 2.05) is 6.20 Å². The Hall–Kier alpha value is -1.12. The fraction of sp³-hybridized carbons (Fsp3) is 0.882. The second-order valence-electron chi connectivity index (χ2n) is 8.34.